The van der Waals surface area contributed by atoms with Crippen molar-refractivity contribution in [2.75, 3.05) is 6.61 Å². The van der Waals surface area contributed by atoms with Gasteiger partial charge in [0.15, 0.2) is 0 Å². The van der Waals surface area contributed by atoms with Gasteiger partial charge < -0.3 is 0 Å². The van der Waals surface area contributed by atoms with E-state index in [0.717, 1.165) is 0 Å². The van der Waals surface area contributed by atoms with E-state index in [1.54, 1.807) is 0 Å². The van der Waals surface area contributed by atoms with E-state index in [9.17, 15) is 27.1 Å². The lowest BCUT2D eigenvalue weighted by atomic mass is 10.1. The lowest BCUT2D eigenvalue weighted by Crippen LogP contribution is -2.36. The van der Waals surface area contributed by atoms with Crippen molar-refractivity contribution in [1.82, 2.24) is 0 Å². The van der Waals surface area contributed by atoms with E-state index in [-0.39, 0.29) is 6.42 Å². The van der Waals surface area contributed by atoms with Crippen molar-refractivity contribution < 1.29 is 27.1 Å². The third-order valence-electron chi connectivity index (χ3n) is 1.30. The highest BCUT2D eigenvalue weighted by atomic mass is 19.4. The monoisotopic (exact) mass is 191 g/mol. The van der Waals surface area contributed by atoms with Crippen LogP contribution >= 0.6 is 0 Å². The van der Waals surface area contributed by atoms with E-state index >= 15 is 0 Å². The zero-order valence-corrected chi connectivity index (χ0v) is 6.13. The third kappa shape index (κ3) is 3.34. The highest BCUT2D eigenvalue weighted by Gasteiger charge is 2.56. The normalized spacial score (nSPS) is 13.5. The van der Waals surface area contributed by atoms with Gasteiger partial charge in [0.25, 0.3) is 0 Å². The van der Waals surface area contributed by atoms with Crippen molar-refractivity contribution in [3.8, 4) is 0 Å². The van der Waals surface area contributed by atoms with Crippen LogP contribution in [0.1, 0.15) is 19.3 Å². The van der Waals surface area contributed by atoms with E-state index in [2.05, 4.69) is 0 Å². The summed E-state index contributed by atoms with van der Waals surface area (Å²) < 4.78 is 58.4. The first kappa shape index (κ1) is 11.6. The Bertz CT molecular complexity index is 130. The molecule has 73 valence electrons. The standard InChI is InChI=1S/C6H8F5O/c7-5(8,6(9,10)11)3-1-2-4-12/h1-4H2. The first-order valence-electron chi connectivity index (χ1n) is 3.34. The molecule has 0 aromatic rings. The van der Waals surface area contributed by atoms with Gasteiger partial charge in [-0.15, -0.1) is 0 Å². The molecule has 0 aromatic carbocycles. The summed E-state index contributed by atoms with van der Waals surface area (Å²) in [4.78, 5) is 0. The van der Waals surface area contributed by atoms with Gasteiger partial charge >= 0.3 is 12.1 Å². The largest absolute Gasteiger partial charge is 0.453 e. The zero-order chi connectivity index (χ0) is 9.83. The molecule has 0 rings (SSSR count). The Labute approximate surface area is 66.2 Å². The molecule has 1 nitrogen and oxygen atoms in total. The van der Waals surface area contributed by atoms with Gasteiger partial charge in [0.2, 0.25) is 0 Å². The minimum Gasteiger partial charge on any atom is -0.237 e. The molecule has 0 bridgehead atoms. The van der Waals surface area contributed by atoms with Crippen LogP contribution in [0.15, 0.2) is 0 Å². The van der Waals surface area contributed by atoms with Crippen LogP contribution in [0, 0.1) is 0 Å². The van der Waals surface area contributed by atoms with Crippen molar-refractivity contribution >= 4 is 0 Å². The summed E-state index contributed by atoms with van der Waals surface area (Å²) in [5, 5.41) is 9.74. The van der Waals surface area contributed by atoms with Crippen molar-refractivity contribution in [1.29, 1.82) is 0 Å². The molecular formula is C6H8F5O. The summed E-state index contributed by atoms with van der Waals surface area (Å²) in [6.45, 7) is -0.617. The molecule has 0 spiro atoms. The van der Waals surface area contributed by atoms with Gasteiger partial charge in [-0.2, -0.15) is 22.0 Å². The maximum Gasteiger partial charge on any atom is 0.453 e. The van der Waals surface area contributed by atoms with Gasteiger partial charge in [-0.25, -0.2) is 5.11 Å². The average molecular weight is 191 g/mol. The molecule has 0 saturated heterocycles. The van der Waals surface area contributed by atoms with Gasteiger partial charge in [0, 0.05) is 6.42 Å². The molecule has 0 aliphatic heterocycles. The summed E-state index contributed by atoms with van der Waals surface area (Å²) >= 11 is 0. The average Bonchev–Trinajstić information content (AvgIpc) is 1.85. The van der Waals surface area contributed by atoms with Crippen LogP contribution in [0.2, 0.25) is 0 Å². The van der Waals surface area contributed by atoms with Crippen molar-refractivity contribution in [3.63, 3.8) is 0 Å². The molecule has 0 heterocycles. The molecule has 1 radical (unpaired) electrons. The lowest BCUT2D eigenvalue weighted by Gasteiger charge is -2.18. The van der Waals surface area contributed by atoms with Crippen LogP contribution in [0.3, 0.4) is 0 Å². The molecule has 0 aliphatic carbocycles. The summed E-state index contributed by atoms with van der Waals surface area (Å²) in [6.07, 6.45) is -7.32. The Morgan fingerprint density at radius 3 is 1.75 bits per heavy atom. The molecule has 0 saturated carbocycles. The van der Waals surface area contributed by atoms with Crippen LogP contribution in [-0.4, -0.2) is 18.7 Å². The summed E-state index contributed by atoms with van der Waals surface area (Å²) in [6, 6.07) is 0. The van der Waals surface area contributed by atoms with Gasteiger partial charge in [0.05, 0.1) is 6.61 Å². The maximum absolute atomic E-state index is 12.0. The second-order valence-electron chi connectivity index (χ2n) is 2.36. The van der Waals surface area contributed by atoms with Crippen molar-refractivity contribution in [3.05, 3.63) is 0 Å². The molecular weight excluding hydrogens is 183 g/mol. The second-order valence-corrected chi connectivity index (χ2v) is 2.36. The minimum absolute atomic E-state index is 0.147. The molecule has 0 aromatic heterocycles. The predicted octanol–water partition coefficient (Wildman–Crippen LogP) is 2.78. The van der Waals surface area contributed by atoms with Gasteiger partial charge in [-0.05, 0) is 12.8 Å². The minimum atomic E-state index is -5.49. The smallest absolute Gasteiger partial charge is 0.237 e. The van der Waals surface area contributed by atoms with Gasteiger partial charge in [0.1, 0.15) is 0 Å². The Kier molecular flexibility index (Phi) is 3.89. The molecule has 0 fully saturated rings. The molecule has 0 amide bonds. The van der Waals surface area contributed by atoms with Crippen LogP contribution in [0.5, 0.6) is 0 Å². The Morgan fingerprint density at radius 1 is 0.917 bits per heavy atom. The van der Waals surface area contributed by atoms with Crippen LogP contribution in [0.25, 0.3) is 0 Å². The fraction of sp³-hybridized carbons (Fsp3) is 1.00. The van der Waals surface area contributed by atoms with Gasteiger partial charge in [-0.3, -0.25) is 0 Å². The summed E-state index contributed by atoms with van der Waals surface area (Å²) in [5.41, 5.74) is 0. The van der Waals surface area contributed by atoms with Crippen LogP contribution < -0.4 is 0 Å². The number of alkyl halides is 5. The number of unbranched alkanes of at least 4 members (excludes halogenated alkanes) is 1. The fourth-order valence-corrected chi connectivity index (χ4v) is 0.591. The van der Waals surface area contributed by atoms with Crippen molar-refractivity contribution in [2.24, 2.45) is 0 Å². The highest BCUT2D eigenvalue weighted by molar-refractivity contribution is 4.75. The second kappa shape index (κ2) is 4.02. The maximum atomic E-state index is 12.0. The van der Waals surface area contributed by atoms with E-state index in [1.165, 1.54) is 0 Å². The van der Waals surface area contributed by atoms with E-state index < -0.39 is 31.5 Å². The Hall–Kier alpha value is -0.390. The van der Waals surface area contributed by atoms with E-state index in [1.807, 2.05) is 0 Å². The number of rotatable bonds is 4. The Morgan fingerprint density at radius 2 is 1.42 bits per heavy atom. The molecule has 0 N–H and O–H groups in total. The summed E-state index contributed by atoms with van der Waals surface area (Å²) in [7, 11) is 0. The SMILES string of the molecule is [O]CCCCC(F)(F)C(F)(F)F. The topological polar surface area (TPSA) is 19.9 Å². The summed E-state index contributed by atoms with van der Waals surface area (Å²) in [5.74, 6) is -4.65. The first-order valence-corrected chi connectivity index (χ1v) is 3.34. The third-order valence-corrected chi connectivity index (χ3v) is 1.30. The zero-order valence-electron chi connectivity index (χ0n) is 6.13. The molecule has 0 unspecified atom stereocenters. The number of hydrogen-bond acceptors (Lipinski definition) is 0. The van der Waals surface area contributed by atoms with Crippen molar-refractivity contribution in [2.45, 2.75) is 31.4 Å². The van der Waals surface area contributed by atoms with E-state index in [0.29, 0.717) is 0 Å². The molecule has 0 atom stereocenters. The predicted molar refractivity (Wildman–Crippen MR) is 30.4 cm³/mol. The Balaban J connectivity index is 3.88. The van der Waals surface area contributed by atoms with Gasteiger partial charge in [-0.1, -0.05) is 0 Å². The molecule has 6 heteroatoms. The highest BCUT2D eigenvalue weighted by Crippen LogP contribution is 2.38. The molecule has 0 aliphatic rings. The van der Waals surface area contributed by atoms with E-state index in [4.69, 9.17) is 0 Å². The van der Waals surface area contributed by atoms with Crippen LogP contribution in [-0.2, 0) is 5.11 Å². The fourth-order valence-electron chi connectivity index (χ4n) is 0.591. The first-order chi connectivity index (χ1) is 5.31. The number of halogens is 5. The molecule has 12 heavy (non-hydrogen) atoms. The lowest BCUT2D eigenvalue weighted by molar-refractivity contribution is -0.284. The van der Waals surface area contributed by atoms with Crippen LogP contribution in [0.4, 0.5) is 22.0 Å². The number of hydrogen-bond donors (Lipinski definition) is 0. The quantitative estimate of drug-likeness (QED) is 0.481.